The Kier molecular flexibility index (Phi) is 6.69. The summed E-state index contributed by atoms with van der Waals surface area (Å²) in [4.78, 5) is 14.5. The number of nitrogens with one attached hydrogen (secondary N) is 2. The molecule has 2 rings (SSSR count). The first-order chi connectivity index (χ1) is 12.3. The van der Waals surface area contributed by atoms with Crippen molar-refractivity contribution >= 4 is 28.9 Å². The highest BCUT2D eigenvalue weighted by atomic mass is 32.1. The van der Waals surface area contributed by atoms with E-state index in [0.29, 0.717) is 35.5 Å². The number of hydrogen-bond donors (Lipinski definition) is 2. The van der Waals surface area contributed by atoms with Crippen molar-refractivity contribution in [3.8, 4) is 11.5 Å². The molecule has 7 heteroatoms. The molecule has 26 heavy (non-hydrogen) atoms. The Bertz CT molecular complexity index is 663. The van der Waals surface area contributed by atoms with E-state index in [2.05, 4.69) is 31.4 Å². The number of nitrogens with zero attached hydrogens (tertiary/aromatic N) is 1. The molecule has 1 aromatic carbocycles. The minimum Gasteiger partial charge on any atom is -0.494 e. The molecular weight excluding hydrogens is 350 g/mol. The van der Waals surface area contributed by atoms with Crippen LogP contribution in [0, 0.1) is 0 Å². The molecule has 2 N–H and O–H groups in total. The van der Waals surface area contributed by atoms with Crippen molar-refractivity contribution in [3.63, 3.8) is 0 Å². The minimum atomic E-state index is -0.143. The lowest BCUT2D eigenvalue weighted by Gasteiger charge is -2.44. The quantitative estimate of drug-likeness (QED) is 0.710. The molecule has 1 aliphatic rings. The molecule has 144 valence electrons. The van der Waals surface area contributed by atoms with Gasteiger partial charge in [-0.1, -0.05) is 0 Å². The first-order valence-corrected chi connectivity index (χ1v) is 9.45. The first kappa shape index (κ1) is 20.3. The van der Waals surface area contributed by atoms with Crippen molar-refractivity contribution in [3.05, 3.63) is 18.2 Å². The molecule has 1 saturated heterocycles. The van der Waals surface area contributed by atoms with Gasteiger partial charge in [0.05, 0.1) is 25.4 Å². The van der Waals surface area contributed by atoms with E-state index < -0.39 is 0 Å². The highest BCUT2D eigenvalue weighted by Crippen LogP contribution is 2.30. The number of hydrogen-bond acceptors (Lipinski definition) is 4. The molecule has 1 aliphatic heterocycles. The highest BCUT2D eigenvalue weighted by molar-refractivity contribution is 7.80. The Labute approximate surface area is 161 Å². The number of amides is 1. The molecule has 0 aliphatic carbocycles. The van der Waals surface area contributed by atoms with Crippen LogP contribution in [0.4, 0.5) is 5.69 Å². The van der Waals surface area contributed by atoms with Gasteiger partial charge in [-0.25, -0.2) is 0 Å². The summed E-state index contributed by atoms with van der Waals surface area (Å²) >= 11 is 5.45. The molecule has 0 radical (unpaired) electrons. The zero-order valence-electron chi connectivity index (χ0n) is 16.2. The molecule has 1 aromatic rings. The van der Waals surface area contributed by atoms with Gasteiger partial charge in [0.15, 0.2) is 5.11 Å². The summed E-state index contributed by atoms with van der Waals surface area (Å²) in [7, 11) is 0. The van der Waals surface area contributed by atoms with Gasteiger partial charge in [-0.3, -0.25) is 4.79 Å². The maximum absolute atomic E-state index is 12.6. The minimum absolute atomic E-state index is 0.0581. The van der Waals surface area contributed by atoms with Crippen LogP contribution in [0.15, 0.2) is 18.2 Å². The second-order valence-electron chi connectivity index (χ2n) is 7.07. The summed E-state index contributed by atoms with van der Waals surface area (Å²) in [6.07, 6.45) is 0.907. The van der Waals surface area contributed by atoms with Crippen LogP contribution in [0.2, 0.25) is 0 Å². The van der Waals surface area contributed by atoms with Crippen molar-refractivity contribution in [1.82, 2.24) is 10.2 Å². The molecule has 0 bridgehead atoms. The maximum Gasteiger partial charge on any atom is 0.244 e. The summed E-state index contributed by atoms with van der Waals surface area (Å²) in [5.41, 5.74) is 0.545. The van der Waals surface area contributed by atoms with E-state index in [9.17, 15) is 4.79 Å². The van der Waals surface area contributed by atoms with E-state index >= 15 is 0 Å². The van der Waals surface area contributed by atoms with E-state index in [1.807, 2.05) is 30.9 Å². The fourth-order valence-corrected chi connectivity index (χ4v) is 3.70. The van der Waals surface area contributed by atoms with Gasteiger partial charge in [0.1, 0.15) is 11.5 Å². The number of anilines is 1. The van der Waals surface area contributed by atoms with Crippen LogP contribution in [-0.2, 0) is 4.79 Å². The number of ether oxygens (including phenoxy) is 2. The topological polar surface area (TPSA) is 62.8 Å². The molecule has 1 fully saturated rings. The van der Waals surface area contributed by atoms with E-state index in [4.69, 9.17) is 21.7 Å². The average Bonchev–Trinajstić information content (AvgIpc) is 2.53. The zero-order valence-corrected chi connectivity index (χ0v) is 17.0. The van der Waals surface area contributed by atoms with Crippen LogP contribution >= 0.6 is 12.2 Å². The summed E-state index contributed by atoms with van der Waals surface area (Å²) < 4.78 is 11.1. The number of benzene rings is 1. The molecule has 0 spiro atoms. The van der Waals surface area contributed by atoms with Gasteiger partial charge in [-0.05, 0) is 65.4 Å². The predicted octanol–water partition coefficient (Wildman–Crippen LogP) is 3.17. The lowest BCUT2D eigenvalue weighted by Crippen LogP contribution is -2.61. The van der Waals surface area contributed by atoms with Crippen molar-refractivity contribution in [2.75, 3.05) is 25.1 Å². The monoisotopic (exact) mass is 379 g/mol. The van der Waals surface area contributed by atoms with Crippen LogP contribution in [0.3, 0.4) is 0 Å². The third-order valence-corrected chi connectivity index (χ3v) is 4.53. The Morgan fingerprint density at radius 3 is 2.65 bits per heavy atom. The number of carbonyl (C=O) groups excluding carboxylic acids is 1. The van der Waals surface area contributed by atoms with Crippen LogP contribution in [0.25, 0.3) is 0 Å². The van der Waals surface area contributed by atoms with Crippen molar-refractivity contribution < 1.29 is 14.3 Å². The number of thiocarbonyl (C=S) groups is 1. The molecule has 0 saturated carbocycles. The van der Waals surface area contributed by atoms with E-state index in [-0.39, 0.29) is 24.0 Å². The van der Waals surface area contributed by atoms with E-state index in [0.717, 1.165) is 6.42 Å². The molecule has 6 nitrogen and oxygen atoms in total. The van der Waals surface area contributed by atoms with Gasteiger partial charge >= 0.3 is 0 Å². The van der Waals surface area contributed by atoms with Crippen molar-refractivity contribution in [2.24, 2.45) is 0 Å². The largest absolute Gasteiger partial charge is 0.494 e. The van der Waals surface area contributed by atoms with E-state index in [1.165, 1.54) is 0 Å². The first-order valence-electron chi connectivity index (χ1n) is 9.04. The second kappa shape index (κ2) is 8.58. The fourth-order valence-electron chi connectivity index (χ4n) is 3.18. The molecule has 1 amide bonds. The standard InChI is InChI=1S/C19H29N3O3S/c1-6-24-14-8-9-16(25-7-2)15(10-14)20-17(23)12-22-13(3)11-19(4,5)21-18(22)26/h8-10,13H,6-7,11-12H2,1-5H3,(H,20,23)(H,21,26)/t13-/m0/s1. The lowest BCUT2D eigenvalue weighted by molar-refractivity contribution is -0.117. The van der Waals surface area contributed by atoms with Gasteiger partial charge < -0.3 is 25.0 Å². The summed E-state index contributed by atoms with van der Waals surface area (Å²) in [6.45, 7) is 11.4. The smallest absolute Gasteiger partial charge is 0.244 e. The average molecular weight is 380 g/mol. The Morgan fingerprint density at radius 2 is 2.04 bits per heavy atom. The van der Waals surface area contributed by atoms with Crippen LogP contribution in [0.5, 0.6) is 11.5 Å². The van der Waals surface area contributed by atoms with Gasteiger partial charge in [0.2, 0.25) is 5.91 Å². The zero-order chi connectivity index (χ0) is 19.3. The highest BCUT2D eigenvalue weighted by Gasteiger charge is 2.34. The summed E-state index contributed by atoms with van der Waals surface area (Å²) in [5, 5.41) is 6.83. The van der Waals surface area contributed by atoms with Gasteiger partial charge in [-0.15, -0.1) is 0 Å². The second-order valence-corrected chi connectivity index (χ2v) is 7.45. The Morgan fingerprint density at radius 1 is 1.35 bits per heavy atom. The van der Waals surface area contributed by atoms with Crippen LogP contribution < -0.4 is 20.1 Å². The van der Waals surface area contributed by atoms with Gasteiger partial charge in [-0.2, -0.15) is 0 Å². The molecular formula is C19H29N3O3S. The van der Waals surface area contributed by atoms with Crippen molar-refractivity contribution in [2.45, 2.75) is 52.6 Å². The third-order valence-electron chi connectivity index (χ3n) is 4.19. The Balaban J connectivity index is 2.09. The van der Waals surface area contributed by atoms with Gasteiger partial charge in [0.25, 0.3) is 0 Å². The van der Waals surface area contributed by atoms with Crippen molar-refractivity contribution in [1.29, 1.82) is 0 Å². The van der Waals surface area contributed by atoms with Crippen LogP contribution in [-0.4, -0.2) is 47.3 Å². The number of rotatable bonds is 7. The third kappa shape index (κ3) is 5.24. The molecule has 1 atom stereocenters. The van der Waals surface area contributed by atoms with Gasteiger partial charge in [0, 0.05) is 17.6 Å². The molecule has 0 unspecified atom stereocenters. The normalized spacial score (nSPS) is 18.9. The SMILES string of the molecule is CCOc1ccc(OCC)c(NC(=O)CN2C(=S)NC(C)(C)C[C@@H]2C)c1. The number of carbonyl (C=O) groups is 1. The predicted molar refractivity (Wildman–Crippen MR) is 108 cm³/mol. The summed E-state index contributed by atoms with van der Waals surface area (Å²) in [5.74, 6) is 1.17. The Hall–Kier alpha value is -2.02. The van der Waals surface area contributed by atoms with Crippen LogP contribution in [0.1, 0.15) is 41.0 Å². The van der Waals surface area contributed by atoms with E-state index in [1.54, 1.807) is 6.07 Å². The summed E-state index contributed by atoms with van der Waals surface area (Å²) in [6, 6.07) is 5.61. The fraction of sp³-hybridized carbons (Fsp3) is 0.579. The molecule has 1 heterocycles. The lowest BCUT2D eigenvalue weighted by atomic mass is 9.93. The molecule has 0 aromatic heterocycles. The maximum atomic E-state index is 12.6.